The number of hydrogen-bond donors (Lipinski definition) is 0. The fraction of sp³-hybridized carbons (Fsp3) is 0. The molecule has 0 saturated carbocycles. The van der Waals surface area contributed by atoms with E-state index in [9.17, 15) is 0 Å². The summed E-state index contributed by atoms with van der Waals surface area (Å²) in [6, 6.07) is 83.1. The SMILES string of the molecule is C(=C(c1ccc(-c2ccccc2)cc1)c1cccc2ccccc12)c1ccc2oc3ccc(-c4cccc(-c5ccc6c(c5)c5ccccc5n6-c5ccccc5)c4)cc3c2c1. The van der Waals surface area contributed by atoms with Crippen LogP contribution in [0.1, 0.15) is 16.7 Å². The summed E-state index contributed by atoms with van der Waals surface area (Å²) in [6.45, 7) is 0. The van der Waals surface area contributed by atoms with Crippen molar-refractivity contribution >= 4 is 66.2 Å². The Hall–Kier alpha value is -8.20. The van der Waals surface area contributed by atoms with Crippen LogP contribution in [0.3, 0.4) is 0 Å². The van der Waals surface area contributed by atoms with Crippen molar-refractivity contribution in [1.82, 2.24) is 4.57 Å². The Morgan fingerprint density at radius 1 is 0.355 bits per heavy atom. The monoisotopic (exact) mass is 789 g/mol. The molecule has 2 heteroatoms. The van der Waals surface area contributed by atoms with Crippen molar-refractivity contribution in [2.45, 2.75) is 0 Å². The van der Waals surface area contributed by atoms with Crippen molar-refractivity contribution < 1.29 is 4.42 Å². The van der Waals surface area contributed by atoms with Gasteiger partial charge in [0, 0.05) is 27.2 Å². The molecule has 0 atom stereocenters. The van der Waals surface area contributed by atoms with Crippen LogP contribution in [0.5, 0.6) is 0 Å². The van der Waals surface area contributed by atoms with Gasteiger partial charge in [0.1, 0.15) is 11.2 Å². The Morgan fingerprint density at radius 2 is 0.903 bits per heavy atom. The summed E-state index contributed by atoms with van der Waals surface area (Å²) in [4.78, 5) is 0. The number of nitrogens with zero attached hydrogens (tertiary/aromatic N) is 1. The molecule has 10 aromatic carbocycles. The third-order valence-electron chi connectivity index (χ3n) is 12.4. The molecule has 0 saturated heterocycles. The van der Waals surface area contributed by atoms with Crippen LogP contribution >= 0.6 is 0 Å². The molecule has 0 radical (unpaired) electrons. The predicted octanol–water partition coefficient (Wildman–Crippen LogP) is 16.4. The van der Waals surface area contributed by atoms with Crippen LogP contribution in [0.2, 0.25) is 0 Å². The number of benzene rings is 10. The maximum atomic E-state index is 6.47. The van der Waals surface area contributed by atoms with Crippen LogP contribution in [-0.4, -0.2) is 4.57 Å². The van der Waals surface area contributed by atoms with Gasteiger partial charge in [-0.2, -0.15) is 0 Å². The lowest BCUT2D eigenvalue weighted by Crippen LogP contribution is -1.92. The van der Waals surface area contributed by atoms with Gasteiger partial charge < -0.3 is 8.98 Å². The average molecular weight is 790 g/mol. The summed E-state index contributed by atoms with van der Waals surface area (Å²) in [5.41, 5.74) is 17.1. The minimum Gasteiger partial charge on any atom is -0.456 e. The van der Waals surface area contributed by atoms with Crippen molar-refractivity contribution in [3.8, 4) is 39.1 Å². The van der Waals surface area contributed by atoms with Gasteiger partial charge in [0.05, 0.1) is 11.0 Å². The zero-order valence-electron chi connectivity index (χ0n) is 33.9. The van der Waals surface area contributed by atoms with E-state index in [4.69, 9.17) is 4.42 Å². The molecule has 0 amide bonds. The summed E-state index contributed by atoms with van der Waals surface area (Å²) < 4.78 is 8.83. The van der Waals surface area contributed by atoms with E-state index in [1.165, 1.54) is 77.1 Å². The molecular formula is C60H39NO. The first-order valence-corrected chi connectivity index (χ1v) is 21.2. The van der Waals surface area contributed by atoms with Gasteiger partial charge in [-0.3, -0.25) is 0 Å². The van der Waals surface area contributed by atoms with Gasteiger partial charge in [-0.15, -0.1) is 0 Å². The normalized spacial score (nSPS) is 12.0. The van der Waals surface area contributed by atoms with Crippen LogP contribution in [0.25, 0.3) is 105 Å². The first-order chi connectivity index (χ1) is 30.7. The van der Waals surface area contributed by atoms with Gasteiger partial charge in [-0.05, 0) is 133 Å². The predicted molar refractivity (Wildman–Crippen MR) is 262 cm³/mol. The van der Waals surface area contributed by atoms with E-state index in [0.717, 1.165) is 38.8 Å². The molecule has 0 fully saturated rings. The fourth-order valence-electron chi connectivity index (χ4n) is 9.37. The maximum absolute atomic E-state index is 6.47. The largest absolute Gasteiger partial charge is 0.456 e. The highest BCUT2D eigenvalue weighted by Gasteiger charge is 2.16. The minimum atomic E-state index is 0.880. The van der Waals surface area contributed by atoms with Crippen LogP contribution in [-0.2, 0) is 0 Å². The first kappa shape index (κ1) is 35.7. The highest BCUT2D eigenvalue weighted by molar-refractivity contribution is 6.11. The van der Waals surface area contributed by atoms with Crippen molar-refractivity contribution in [3.05, 3.63) is 247 Å². The number of rotatable bonds is 7. The van der Waals surface area contributed by atoms with E-state index in [1.807, 2.05) is 0 Å². The fourth-order valence-corrected chi connectivity index (χ4v) is 9.37. The Labute approximate surface area is 359 Å². The molecular weight excluding hydrogens is 751 g/mol. The molecule has 0 aliphatic carbocycles. The van der Waals surface area contributed by atoms with Crippen molar-refractivity contribution in [2.24, 2.45) is 0 Å². The second-order valence-electron chi connectivity index (χ2n) is 16.1. The summed E-state index contributed by atoms with van der Waals surface area (Å²) in [5, 5.41) is 7.16. The Morgan fingerprint density at radius 3 is 1.71 bits per heavy atom. The van der Waals surface area contributed by atoms with Crippen molar-refractivity contribution in [2.75, 3.05) is 0 Å². The van der Waals surface area contributed by atoms with E-state index >= 15 is 0 Å². The maximum Gasteiger partial charge on any atom is 0.135 e. The van der Waals surface area contributed by atoms with Gasteiger partial charge in [0.15, 0.2) is 0 Å². The Bertz CT molecular complexity index is 3660. The van der Waals surface area contributed by atoms with Gasteiger partial charge in [-0.25, -0.2) is 0 Å². The second-order valence-corrected chi connectivity index (χ2v) is 16.1. The molecule has 2 aromatic heterocycles. The minimum absolute atomic E-state index is 0.880. The third-order valence-corrected chi connectivity index (χ3v) is 12.4. The highest BCUT2D eigenvalue weighted by atomic mass is 16.3. The van der Waals surface area contributed by atoms with Crippen LogP contribution in [0.4, 0.5) is 0 Å². The molecule has 0 unspecified atom stereocenters. The third kappa shape index (κ3) is 6.20. The first-order valence-electron chi connectivity index (χ1n) is 21.2. The second kappa shape index (κ2) is 14.8. The van der Waals surface area contributed by atoms with Gasteiger partial charge >= 0.3 is 0 Å². The molecule has 0 bridgehead atoms. The Balaban J connectivity index is 0.940. The average Bonchev–Trinajstić information content (AvgIpc) is 3.88. The number of fused-ring (bicyclic) bond motifs is 7. The standard InChI is InChI=1S/C60H39NO/c1-3-13-41(14-4-1)42-26-28-44(29-27-42)53(51-23-12-16-43-15-7-8-21-50(43)51)35-40-25-33-59-55(36-40)56-39-48(31-34-60(56)62-59)46-18-11-17-45(37-46)47-30-32-58-54(38-47)52-22-9-10-24-57(52)61(58)49-19-5-2-6-20-49/h1-39H. The zero-order chi connectivity index (χ0) is 41.0. The molecule has 2 nitrogen and oxygen atoms in total. The summed E-state index contributed by atoms with van der Waals surface area (Å²) in [6.07, 6.45) is 2.33. The van der Waals surface area contributed by atoms with Gasteiger partial charge in [0.25, 0.3) is 0 Å². The van der Waals surface area contributed by atoms with Crippen LogP contribution < -0.4 is 0 Å². The molecule has 12 rings (SSSR count). The van der Waals surface area contributed by atoms with E-state index in [1.54, 1.807) is 0 Å². The quantitative estimate of drug-likeness (QED) is 0.147. The number of furan rings is 1. The van der Waals surface area contributed by atoms with Crippen LogP contribution in [0, 0.1) is 0 Å². The molecule has 290 valence electrons. The van der Waals surface area contributed by atoms with E-state index in [-0.39, 0.29) is 0 Å². The molecule has 0 aliphatic rings. The Kier molecular flexibility index (Phi) is 8.53. The molecule has 62 heavy (non-hydrogen) atoms. The van der Waals surface area contributed by atoms with Crippen molar-refractivity contribution in [3.63, 3.8) is 0 Å². The van der Waals surface area contributed by atoms with E-state index < -0.39 is 0 Å². The summed E-state index contributed by atoms with van der Waals surface area (Å²) >= 11 is 0. The van der Waals surface area contributed by atoms with Gasteiger partial charge in [-0.1, -0.05) is 170 Å². The number of hydrogen-bond acceptors (Lipinski definition) is 1. The molecule has 2 heterocycles. The number of para-hydroxylation sites is 2. The zero-order valence-corrected chi connectivity index (χ0v) is 33.9. The lowest BCUT2D eigenvalue weighted by atomic mass is 9.90. The van der Waals surface area contributed by atoms with Crippen molar-refractivity contribution in [1.29, 1.82) is 0 Å². The summed E-state index contributed by atoms with van der Waals surface area (Å²) in [7, 11) is 0. The lowest BCUT2D eigenvalue weighted by molar-refractivity contribution is 0.669. The lowest BCUT2D eigenvalue weighted by Gasteiger charge is -2.13. The highest BCUT2D eigenvalue weighted by Crippen LogP contribution is 2.39. The summed E-state index contributed by atoms with van der Waals surface area (Å²) in [5.74, 6) is 0. The molecule has 12 aromatic rings. The van der Waals surface area contributed by atoms with E-state index in [2.05, 4.69) is 241 Å². The van der Waals surface area contributed by atoms with Gasteiger partial charge in [0.2, 0.25) is 0 Å². The molecule has 0 spiro atoms. The molecule has 0 aliphatic heterocycles. The smallest absolute Gasteiger partial charge is 0.135 e. The van der Waals surface area contributed by atoms with E-state index in [0.29, 0.717) is 0 Å². The van der Waals surface area contributed by atoms with Crippen LogP contribution in [0.15, 0.2) is 235 Å². The molecule has 0 N–H and O–H groups in total. The number of aromatic nitrogens is 1. The topological polar surface area (TPSA) is 18.1 Å².